The summed E-state index contributed by atoms with van der Waals surface area (Å²) in [6, 6.07) is 20.3. The van der Waals surface area contributed by atoms with Crippen molar-refractivity contribution < 1.29 is 14.2 Å². The highest BCUT2D eigenvalue weighted by Crippen LogP contribution is 2.35. The highest BCUT2D eigenvalue weighted by atomic mass is 19.1. The van der Waals surface area contributed by atoms with Crippen LogP contribution >= 0.6 is 0 Å². The molecular weight excluding hydrogens is 367 g/mol. The van der Waals surface area contributed by atoms with Gasteiger partial charge in [-0.1, -0.05) is 42.5 Å². The Morgan fingerprint density at radius 2 is 1.69 bits per heavy atom. The molecule has 5 heteroatoms. The van der Waals surface area contributed by atoms with Gasteiger partial charge in [0.15, 0.2) is 0 Å². The van der Waals surface area contributed by atoms with E-state index in [0.717, 1.165) is 23.6 Å². The molecule has 29 heavy (non-hydrogen) atoms. The van der Waals surface area contributed by atoms with E-state index in [1.807, 2.05) is 36.4 Å². The first-order valence-electron chi connectivity index (χ1n) is 9.94. The maximum absolute atomic E-state index is 14.1. The molecule has 0 spiro atoms. The third-order valence-corrected chi connectivity index (χ3v) is 5.53. The molecule has 150 valence electrons. The van der Waals surface area contributed by atoms with E-state index < -0.39 is 5.60 Å². The average Bonchev–Trinajstić information content (AvgIpc) is 2.76. The zero-order chi connectivity index (χ0) is 20.1. The maximum Gasteiger partial charge on any atom is 0.130 e. The Kier molecular flexibility index (Phi) is 5.88. The van der Waals surface area contributed by atoms with Gasteiger partial charge in [0, 0.05) is 37.0 Å². The number of nitrogens with zero attached hydrogens (tertiary/aromatic N) is 2. The fourth-order valence-corrected chi connectivity index (χ4v) is 3.84. The first-order chi connectivity index (χ1) is 14.1. The van der Waals surface area contributed by atoms with E-state index in [1.165, 1.54) is 6.07 Å². The number of piperidine rings is 1. The molecule has 1 aliphatic rings. The lowest BCUT2D eigenvalue weighted by atomic mass is 9.84. The predicted octanol–water partition coefficient (Wildman–Crippen LogP) is 4.28. The van der Waals surface area contributed by atoms with Crippen molar-refractivity contribution in [2.24, 2.45) is 0 Å². The molecule has 0 atom stereocenters. The van der Waals surface area contributed by atoms with Gasteiger partial charge in [0.2, 0.25) is 0 Å². The second-order valence-electron chi connectivity index (χ2n) is 7.51. The number of ether oxygens (including phenoxy) is 1. The summed E-state index contributed by atoms with van der Waals surface area (Å²) in [5.74, 6) is 0.504. The van der Waals surface area contributed by atoms with E-state index in [1.54, 1.807) is 24.4 Å². The van der Waals surface area contributed by atoms with Gasteiger partial charge >= 0.3 is 0 Å². The quantitative estimate of drug-likeness (QED) is 0.680. The second kappa shape index (κ2) is 8.72. The van der Waals surface area contributed by atoms with Crippen LogP contribution in [0.15, 0.2) is 72.9 Å². The first-order valence-corrected chi connectivity index (χ1v) is 9.94. The fourth-order valence-electron chi connectivity index (χ4n) is 3.84. The smallest absolute Gasteiger partial charge is 0.130 e. The summed E-state index contributed by atoms with van der Waals surface area (Å²) in [5.41, 5.74) is 1.28. The van der Waals surface area contributed by atoms with Crippen LogP contribution in [0.3, 0.4) is 0 Å². The number of aliphatic hydroxyl groups is 1. The number of hydrogen-bond donors (Lipinski definition) is 1. The van der Waals surface area contributed by atoms with Gasteiger partial charge in [-0.3, -0.25) is 9.88 Å². The molecule has 0 radical (unpaired) electrons. The van der Waals surface area contributed by atoms with Crippen molar-refractivity contribution in [2.75, 3.05) is 13.1 Å². The summed E-state index contributed by atoms with van der Waals surface area (Å²) in [5, 5.41) is 11.0. The van der Waals surface area contributed by atoms with E-state index in [0.29, 0.717) is 38.1 Å². The Balaban J connectivity index is 1.39. The molecule has 0 bridgehead atoms. The van der Waals surface area contributed by atoms with Crippen molar-refractivity contribution in [2.45, 2.75) is 31.6 Å². The lowest BCUT2D eigenvalue weighted by Gasteiger charge is -2.38. The van der Waals surface area contributed by atoms with Gasteiger partial charge in [0.1, 0.15) is 18.2 Å². The number of benzene rings is 2. The van der Waals surface area contributed by atoms with Gasteiger partial charge in [-0.25, -0.2) is 4.39 Å². The van der Waals surface area contributed by atoms with Crippen LogP contribution in [-0.4, -0.2) is 28.1 Å². The molecule has 1 N–H and O–H groups in total. The zero-order valence-corrected chi connectivity index (χ0v) is 16.3. The molecule has 1 fully saturated rings. The number of likely N-dealkylation sites (tertiary alicyclic amines) is 1. The van der Waals surface area contributed by atoms with Crippen LogP contribution in [0.5, 0.6) is 5.75 Å². The lowest BCUT2D eigenvalue weighted by Crippen LogP contribution is -2.42. The summed E-state index contributed by atoms with van der Waals surface area (Å²) in [6.45, 7) is 2.54. The van der Waals surface area contributed by atoms with Crippen molar-refractivity contribution >= 4 is 0 Å². The normalized spacial score (nSPS) is 16.5. The van der Waals surface area contributed by atoms with Crippen LogP contribution in [0.1, 0.15) is 29.7 Å². The van der Waals surface area contributed by atoms with Crippen LogP contribution < -0.4 is 4.74 Å². The summed E-state index contributed by atoms with van der Waals surface area (Å²) < 4.78 is 20.1. The molecule has 2 heterocycles. The van der Waals surface area contributed by atoms with Gasteiger partial charge in [0.05, 0.1) is 11.3 Å². The molecule has 1 aliphatic heterocycles. The minimum absolute atomic E-state index is 0.336. The molecule has 0 aliphatic carbocycles. The maximum atomic E-state index is 14.1. The minimum atomic E-state index is -1.10. The third-order valence-electron chi connectivity index (χ3n) is 5.53. The van der Waals surface area contributed by atoms with Crippen LogP contribution in [0.2, 0.25) is 0 Å². The average molecular weight is 392 g/mol. The number of halogens is 1. The first kappa shape index (κ1) is 19.6. The molecule has 3 aromatic rings. The van der Waals surface area contributed by atoms with Crippen molar-refractivity contribution in [1.82, 2.24) is 9.88 Å². The van der Waals surface area contributed by atoms with Crippen molar-refractivity contribution in [1.29, 1.82) is 0 Å². The van der Waals surface area contributed by atoms with Crippen LogP contribution in [0, 0.1) is 5.82 Å². The van der Waals surface area contributed by atoms with Gasteiger partial charge in [0.25, 0.3) is 0 Å². The molecule has 4 nitrogen and oxygen atoms in total. The standard InChI is InChI=1S/C24H25FN2O2/c25-22-10-3-2-9-21(22)24(28)12-15-27(16-13-24)17-19-7-1-4-11-23(19)29-18-20-8-5-6-14-26-20/h1-11,14,28H,12-13,15-18H2. The molecule has 0 amide bonds. The number of hydrogen-bond acceptors (Lipinski definition) is 4. The minimum Gasteiger partial charge on any atom is -0.487 e. The third kappa shape index (κ3) is 4.63. The summed E-state index contributed by atoms with van der Waals surface area (Å²) in [6.07, 6.45) is 2.77. The van der Waals surface area contributed by atoms with Gasteiger partial charge < -0.3 is 9.84 Å². The Hall–Kier alpha value is -2.76. The number of para-hydroxylation sites is 1. The summed E-state index contributed by atoms with van der Waals surface area (Å²) in [7, 11) is 0. The lowest BCUT2D eigenvalue weighted by molar-refractivity contribution is -0.0303. The van der Waals surface area contributed by atoms with Gasteiger partial charge in [-0.2, -0.15) is 0 Å². The predicted molar refractivity (Wildman–Crippen MR) is 110 cm³/mol. The highest BCUT2D eigenvalue weighted by Gasteiger charge is 2.35. The Bertz CT molecular complexity index is 940. The Morgan fingerprint density at radius 1 is 0.966 bits per heavy atom. The molecular formula is C24H25FN2O2. The van der Waals surface area contributed by atoms with Crippen LogP contribution in [-0.2, 0) is 18.8 Å². The van der Waals surface area contributed by atoms with E-state index in [4.69, 9.17) is 4.74 Å². The SMILES string of the molecule is OC1(c2ccccc2F)CCN(Cc2ccccc2OCc2ccccn2)CC1. The zero-order valence-electron chi connectivity index (χ0n) is 16.3. The largest absolute Gasteiger partial charge is 0.487 e. The molecule has 2 aromatic carbocycles. The highest BCUT2D eigenvalue weighted by molar-refractivity contribution is 5.33. The monoisotopic (exact) mass is 392 g/mol. The van der Waals surface area contributed by atoms with Crippen LogP contribution in [0.4, 0.5) is 4.39 Å². The number of pyridine rings is 1. The van der Waals surface area contributed by atoms with E-state index >= 15 is 0 Å². The van der Waals surface area contributed by atoms with Gasteiger partial charge in [-0.15, -0.1) is 0 Å². The number of rotatable bonds is 6. The topological polar surface area (TPSA) is 45.6 Å². The Labute approximate surface area is 170 Å². The molecule has 1 saturated heterocycles. The summed E-state index contributed by atoms with van der Waals surface area (Å²) >= 11 is 0. The van der Waals surface area contributed by atoms with Gasteiger partial charge in [-0.05, 0) is 37.1 Å². The van der Waals surface area contributed by atoms with E-state index in [-0.39, 0.29) is 5.82 Å². The summed E-state index contributed by atoms with van der Waals surface area (Å²) in [4.78, 5) is 6.57. The number of aromatic nitrogens is 1. The van der Waals surface area contributed by atoms with Crippen molar-refractivity contribution in [3.05, 3.63) is 95.6 Å². The molecule has 1 aromatic heterocycles. The van der Waals surface area contributed by atoms with Crippen LogP contribution in [0.25, 0.3) is 0 Å². The second-order valence-corrected chi connectivity index (χ2v) is 7.51. The van der Waals surface area contributed by atoms with Crippen molar-refractivity contribution in [3.63, 3.8) is 0 Å². The molecule has 4 rings (SSSR count). The fraction of sp³-hybridized carbons (Fsp3) is 0.292. The van der Waals surface area contributed by atoms with E-state index in [2.05, 4.69) is 16.0 Å². The molecule has 0 unspecified atom stereocenters. The van der Waals surface area contributed by atoms with Crippen molar-refractivity contribution in [3.8, 4) is 5.75 Å². The van der Waals surface area contributed by atoms with E-state index in [9.17, 15) is 9.50 Å². The molecule has 0 saturated carbocycles. The Morgan fingerprint density at radius 3 is 2.45 bits per heavy atom.